The summed E-state index contributed by atoms with van der Waals surface area (Å²) in [5.41, 5.74) is 3.47. The first-order chi connectivity index (χ1) is 10.3. The summed E-state index contributed by atoms with van der Waals surface area (Å²) in [4.78, 5) is 0. The van der Waals surface area contributed by atoms with Gasteiger partial charge in [-0.25, -0.2) is 4.68 Å². The fourth-order valence-corrected chi connectivity index (χ4v) is 3.01. The smallest absolute Gasteiger partial charge is 0.143 e. The van der Waals surface area contributed by atoms with Crippen LogP contribution in [0, 0.1) is 6.92 Å². The largest absolute Gasteiger partial charge is 0.382 e. The first kappa shape index (κ1) is 14.0. The van der Waals surface area contributed by atoms with Crippen LogP contribution in [0.15, 0.2) is 24.5 Å². The Hall–Kier alpha value is -1.91. The van der Waals surface area contributed by atoms with Crippen LogP contribution in [0.1, 0.15) is 50.5 Å². The zero-order valence-corrected chi connectivity index (χ0v) is 12.6. The minimum atomic E-state index is 0.591. The van der Waals surface area contributed by atoms with Crippen LogP contribution in [-0.2, 0) is 0 Å². The first-order valence-electron chi connectivity index (χ1n) is 7.93. The minimum Gasteiger partial charge on any atom is -0.382 e. The molecule has 0 unspecified atom stereocenters. The zero-order chi connectivity index (χ0) is 14.5. The van der Waals surface area contributed by atoms with Gasteiger partial charge in [0, 0.05) is 11.7 Å². The molecule has 0 aliphatic heterocycles. The van der Waals surface area contributed by atoms with Crippen LogP contribution in [0.4, 0.5) is 5.69 Å². The number of benzene rings is 1. The number of rotatable bonds is 3. The maximum atomic E-state index is 3.96. The summed E-state index contributed by atoms with van der Waals surface area (Å²) in [6.07, 6.45) is 11.0. The van der Waals surface area contributed by atoms with Crippen molar-refractivity contribution in [3.8, 4) is 5.69 Å². The summed E-state index contributed by atoms with van der Waals surface area (Å²) in [6.45, 7) is 2.15. The molecule has 112 valence electrons. The highest BCUT2D eigenvalue weighted by Gasteiger charge is 2.12. The molecule has 0 atom stereocenters. The number of aromatic nitrogens is 4. The lowest BCUT2D eigenvalue weighted by atomic mass is 9.96. The standard InChI is InChI=1S/C16H23N5/c1-13-9-10-15(21-12-17-19-20-21)11-16(13)18-14-7-5-3-2-4-6-8-14/h9-12,14,18H,2-8H2,1H3. The molecule has 0 bridgehead atoms. The van der Waals surface area contributed by atoms with E-state index in [4.69, 9.17) is 0 Å². The van der Waals surface area contributed by atoms with Gasteiger partial charge >= 0.3 is 0 Å². The number of hydrogen-bond donors (Lipinski definition) is 1. The Morgan fingerprint density at radius 2 is 1.86 bits per heavy atom. The minimum absolute atomic E-state index is 0.591. The summed E-state index contributed by atoms with van der Waals surface area (Å²) in [5.74, 6) is 0. The van der Waals surface area contributed by atoms with Gasteiger partial charge in [-0.05, 0) is 47.9 Å². The number of nitrogens with one attached hydrogen (secondary N) is 1. The molecule has 1 N–H and O–H groups in total. The molecule has 3 rings (SSSR count). The van der Waals surface area contributed by atoms with Gasteiger partial charge < -0.3 is 5.32 Å². The second-order valence-corrected chi connectivity index (χ2v) is 5.94. The number of nitrogens with zero attached hydrogens (tertiary/aromatic N) is 4. The Balaban J connectivity index is 1.75. The van der Waals surface area contributed by atoms with Crippen molar-refractivity contribution in [2.75, 3.05) is 5.32 Å². The summed E-state index contributed by atoms with van der Waals surface area (Å²) in [7, 11) is 0. The molecule has 0 saturated heterocycles. The van der Waals surface area contributed by atoms with Gasteiger partial charge in [-0.1, -0.05) is 38.2 Å². The molecular formula is C16H23N5. The Bertz CT molecular complexity index is 556. The van der Waals surface area contributed by atoms with Crippen molar-refractivity contribution in [2.24, 2.45) is 0 Å². The molecule has 0 amide bonds. The number of anilines is 1. The molecule has 1 aromatic heterocycles. The summed E-state index contributed by atoms with van der Waals surface area (Å²) < 4.78 is 1.70. The average molecular weight is 285 g/mol. The third-order valence-corrected chi connectivity index (χ3v) is 4.30. The highest BCUT2D eigenvalue weighted by molar-refractivity contribution is 5.57. The molecule has 1 saturated carbocycles. The Morgan fingerprint density at radius 3 is 2.57 bits per heavy atom. The SMILES string of the molecule is Cc1ccc(-n2cnnn2)cc1NC1CCCCCCC1. The molecule has 1 aliphatic rings. The lowest BCUT2D eigenvalue weighted by Crippen LogP contribution is -2.21. The number of aryl methyl sites for hydroxylation is 1. The molecule has 2 aromatic rings. The molecule has 1 aliphatic carbocycles. The Kier molecular flexibility index (Phi) is 4.48. The van der Waals surface area contributed by atoms with Crippen molar-refractivity contribution in [3.05, 3.63) is 30.1 Å². The molecule has 5 heteroatoms. The monoisotopic (exact) mass is 285 g/mol. The normalized spacial score (nSPS) is 17.2. The topological polar surface area (TPSA) is 55.6 Å². The summed E-state index contributed by atoms with van der Waals surface area (Å²) in [6, 6.07) is 6.91. The molecule has 21 heavy (non-hydrogen) atoms. The average Bonchev–Trinajstić information content (AvgIpc) is 2.98. The predicted molar refractivity (Wildman–Crippen MR) is 83.6 cm³/mol. The first-order valence-corrected chi connectivity index (χ1v) is 7.93. The molecule has 0 radical (unpaired) electrons. The van der Waals surface area contributed by atoms with Gasteiger partial charge in [0.05, 0.1) is 5.69 Å². The number of tetrazole rings is 1. The molecule has 0 spiro atoms. The van der Waals surface area contributed by atoms with E-state index in [1.165, 1.54) is 56.2 Å². The third-order valence-electron chi connectivity index (χ3n) is 4.30. The van der Waals surface area contributed by atoms with E-state index in [2.05, 4.69) is 46.0 Å². The van der Waals surface area contributed by atoms with Crippen molar-refractivity contribution < 1.29 is 0 Å². The second kappa shape index (κ2) is 6.70. The lowest BCUT2D eigenvalue weighted by Gasteiger charge is -2.23. The molecular weight excluding hydrogens is 262 g/mol. The van der Waals surface area contributed by atoms with Crippen LogP contribution >= 0.6 is 0 Å². The van der Waals surface area contributed by atoms with Crippen molar-refractivity contribution in [2.45, 2.75) is 57.9 Å². The summed E-state index contributed by atoms with van der Waals surface area (Å²) >= 11 is 0. The predicted octanol–water partition coefficient (Wildman–Crippen LogP) is 3.50. The van der Waals surface area contributed by atoms with E-state index in [1.807, 2.05) is 0 Å². The fraction of sp³-hybridized carbons (Fsp3) is 0.562. The lowest BCUT2D eigenvalue weighted by molar-refractivity contribution is 0.471. The van der Waals surface area contributed by atoms with E-state index >= 15 is 0 Å². The van der Waals surface area contributed by atoms with Gasteiger partial charge in [-0.15, -0.1) is 5.10 Å². The van der Waals surface area contributed by atoms with Gasteiger partial charge in [0.1, 0.15) is 6.33 Å². The molecule has 1 heterocycles. The van der Waals surface area contributed by atoms with Gasteiger partial charge in [-0.2, -0.15) is 0 Å². The second-order valence-electron chi connectivity index (χ2n) is 5.94. The van der Waals surface area contributed by atoms with Crippen LogP contribution in [0.25, 0.3) is 5.69 Å². The van der Waals surface area contributed by atoms with Gasteiger partial charge in [0.25, 0.3) is 0 Å². The van der Waals surface area contributed by atoms with Crippen molar-refractivity contribution in [1.29, 1.82) is 0 Å². The summed E-state index contributed by atoms with van der Waals surface area (Å²) in [5, 5.41) is 15.1. The Morgan fingerprint density at radius 1 is 1.10 bits per heavy atom. The van der Waals surface area contributed by atoms with Crippen LogP contribution in [-0.4, -0.2) is 26.2 Å². The van der Waals surface area contributed by atoms with Crippen molar-refractivity contribution in [3.63, 3.8) is 0 Å². The van der Waals surface area contributed by atoms with Crippen LogP contribution in [0.2, 0.25) is 0 Å². The van der Waals surface area contributed by atoms with E-state index in [-0.39, 0.29) is 0 Å². The van der Waals surface area contributed by atoms with Crippen LogP contribution < -0.4 is 5.32 Å². The van der Waals surface area contributed by atoms with E-state index in [0.29, 0.717) is 6.04 Å². The highest BCUT2D eigenvalue weighted by atomic mass is 15.5. The molecule has 5 nitrogen and oxygen atoms in total. The van der Waals surface area contributed by atoms with Crippen molar-refractivity contribution in [1.82, 2.24) is 20.2 Å². The molecule has 1 aromatic carbocycles. The van der Waals surface area contributed by atoms with E-state index in [0.717, 1.165) is 5.69 Å². The van der Waals surface area contributed by atoms with E-state index in [9.17, 15) is 0 Å². The van der Waals surface area contributed by atoms with Gasteiger partial charge in [0.15, 0.2) is 0 Å². The fourth-order valence-electron chi connectivity index (χ4n) is 3.01. The van der Waals surface area contributed by atoms with E-state index < -0.39 is 0 Å². The highest BCUT2D eigenvalue weighted by Crippen LogP contribution is 2.24. The maximum absolute atomic E-state index is 3.96. The van der Waals surface area contributed by atoms with Gasteiger partial charge in [-0.3, -0.25) is 0 Å². The third kappa shape index (κ3) is 3.60. The quantitative estimate of drug-likeness (QED) is 0.937. The van der Waals surface area contributed by atoms with Crippen molar-refractivity contribution >= 4 is 5.69 Å². The van der Waals surface area contributed by atoms with Crippen LogP contribution in [0.5, 0.6) is 0 Å². The van der Waals surface area contributed by atoms with Gasteiger partial charge in [0.2, 0.25) is 0 Å². The maximum Gasteiger partial charge on any atom is 0.143 e. The van der Waals surface area contributed by atoms with Crippen LogP contribution in [0.3, 0.4) is 0 Å². The number of hydrogen-bond acceptors (Lipinski definition) is 4. The molecule has 1 fully saturated rings. The Labute approximate surface area is 125 Å². The van der Waals surface area contributed by atoms with E-state index in [1.54, 1.807) is 11.0 Å². The zero-order valence-electron chi connectivity index (χ0n) is 12.6.